The van der Waals surface area contributed by atoms with E-state index < -0.39 is 0 Å². The van der Waals surface area contributed by atoms with Crippen molar-refractivity contribution in [2.75, 3.05) is 13.1 Å². The topological polar surface area (TPSA) is 69.4 Å². The Kier molecular flexibility index (Phi) is 4.77. The molecule has 134 valence electrons. The Morgan fingerprint density at radius 1 is 1.19 bits per heavy atom. The van der Waals surface area contributed by atoms with E-state index in [1.807, 2.05) is 30.3 Å². The third-order valence-corrected chi connectivity index (χ3v) is 4.29. The van der Waals surface area contributed by atoms with Crippen LogP contribution in [0.2, 0.25) is 5.02 Å². The molecule has 0 amide bonds. The van der Waals surface area contributed by atoms with E-state index >= 15 is 0 Å². The van der Waals surface area contributed by atoms with E-state index in [4.69, 9.17) is 25.6 Å². The first-order valence-corrected chi connectivity index (χ1v) is 8.74. The number of nitrogens with one attached hydrogen (secondary N) is 1. The van der Waals surface area contributed by atoms with Crippen LogP contribution < -0.4 is 14.8 Å². The third-order valence-electron chi connectivity index (χ3n) is 4.05. The van der Waals surface area contributed by atoms with Crippen molar-refractivity contribution in [1.82, 2.24) is 15.5 Å². The SMILES string of the molecule is Cc1nc(-c2cccc(COc3ccc(Cl)cc3OC3CNC3)c2)no1. The van der Waals surface area contributed by atoms with Crippen LogP contribution in [0.4, 0.5) is 0 Å². The summed E-state index contributed by atoms with van der Waals surface area (Å²) in [5.74, 6) is 2.43. The van der Waals surface area contributed by atoms with Crippen LogP contribution >= 0.6 is 11.6 Å². The summed E-state index contributed by atoms with van der Waals surface area (Å²) >= 11 is 6.10. The number of aryl methyl sites for hydroxylation is 1. The van der Waals surface area contributed by atoms with Gasteiger partial charge in [-0.3, -0.25) is 0 Å². The minimum absolute atomic E-state index is 0.153. The molecule has 0 aliphatic carbocycles. The molecule has 6 nitrogen and oxygen atoms in total. The summed E-state index contributed by atoms with van der Waals surface area (Å²) in [6, 6.07) is 13.3. The highest BCUT2D eigenvalue weighted by Crippen LogP contribution is 2.32. The Bertz CT molecular complexity index is 909. The van der Waals surface area contributed by atoms with Crippen LogP contribution in [0.5, 0.6) is 11.5 Å². The summed E-state index contributed by atoms with van der Waals surface area (Å²) in [7, 11) is 0. The highest BCUT2D eigenvalue weighted by molar-refractivity contribution is 6.30. The number of nitrogens with zero attached hydrogens (tertiary/aromatic N) is 2. The van der Waals surface area contributed by atoms with Gasteiger partial charge in [-0.05, 0) is 23.8 Å². The molecule has 2 aromatic carbocycles. The summed E-state index contributed by atoms with van der Waals surface area (Å²) in [6.07, 6.45) is 0.153. The Hall–Kier alpha value is -2.57. The van der Waals surface area contributed by atoms with Crippen LogP contribution in [-0.4, -0.2) is 29.3 Å². The van der Waals surface area contributed by atoms with Gasteiger partial charge in [0.15, 0.2) is 11.5 Å². The molecule has 4 rings (SSSR count). The average Bonchev–Trinajstić information content (AvgIpc) is 3.04. The first kappa shape index (κ1) is 16.9. The molecule has 1 aliphatic rings. The number of ether oxygens (including phenoxy) is 2. The molecule has 0 radical (unpaired) electrons. The van der Waals surface area contributed by atoms with E-state index in [9.17, 15) is 0 Å². The lowest BCUT2D eigenvalue weighted by atomic mass is 10.1. The lowest BCUT2D eigenvalue weighted by Gasteiger charge is -2.28. The fraction of sp³-hybridized carbons (Fsp3) is 0.263. The van der Waals surface area contributed by atoms with Crippen LogP contribution in [-0.2, 0) is 6.61 Å². The van der Waals surface area contributed by atoms with Gasteiger partial charge in [0, 0.05) is 36.7 Å². The molecular weight excluding hydrogens is 354 g/mol. The zero-order valence-electron chi connectivity index (χ0n) is 14.2. The van der Waals surface area contributed by atoms with Crippen molar-refractivity contribution in [3.05, 3.63) is 58.9 Å². The van der Waals surface area contributed by atoms with Crippen molar-refractivity contribution < 1.29 is 14.0 Å². The van der Waals surface area contributed by atoms with E-state index in [-0.39, 0.29) is 6.10 Å². The van der Waals surface area contributed by atoms with Gasteiger partial charge in [-0.25, -0.2) is 0 Å². The normalized spacial score (nSPS) is 14.1. The maximum Gasteiger partial charge on any atom is 0.223 e. The van der Waals surface area contributed by atoms with Crippen LogP contribution in [0.1, 0.15) is 11.5 Å². The molecule has 1 aromatic heterocycles. The molecule has 0 spiro atoms. The molecule has 1 N–H and O–H groups in total. The Balaban J connectivity index is 1.49. The molecule has 1 aliphatic heterocycles. The van der Waals surface area contributed by atoms with Crippen LogP contribution in [0.3, 0.4) is 0 Å². The maximum absolute atomic E-state index is 6.10. The van der Waals surface area contributed by atoms with Crippen LogP contribution in [0.25, 0.3) is 11.4 Å². The maximum atomic E-state index is 6.10. The molecular formula is C19H18ClN3O3. The number of halogens is 1. The van der Waals surface area contributed by atoms with E-state index in [1.54, 1.807) is 19.1 Å². The van der Waals surface area contributed by atoms with Gasteiger partial charge in [0.2, 0.25) is 11.7 Å². The molecule has 0 saturated carbocycles. The Morgan fingerprint density at radius 3 is 2.81 bits per heavy atom. The molecule has 26 heavy (non-hydrogen) atoms. The quantitative estimate of drug-likeness (QED) is 0.713. The smallest absolute Gasteiger partial charge is 0.223 e. The number of benzene rings is 2. The highest BCUT2D eigenvalue weighted by atomic mass is 35.5. The average molecular weight is 372 g/mol. The molecule has 7 heteroatoms. The second-order valence-corrected chi connectivity index (χ2v) is 6.55. The summed E-state index contributed by atoms with van der Waals surface area (Å²) in [6.45, 7) is 3.82. The molecule has 1 fully saturated rings. The van der Waals surface area contributed by atoms with Crippen LogP contribution in [0.15, 0.2) is 47.0 Å². The Labute approximate surface area is 156 Å². The first-order valence-electron chi connectivity index (χ1n) is 8.37. The largest absolute Gasteiger partial charge is 0.485 e. The van der Waals surface area contributed by atoms with Crippen molar-refractivity contribution in [1.29, 1.82) is 0 Å². The second kappa shape index (κ2) is 7.35. The molecule has 2 heterocycles. The van der Waals surface area contributed by atoms with Gasteiger partial charge >= 0.3 is 0 Å². The van der Waals surface area contributed by atoms with E-state index in [0.717, 1.165) is 24.2 Å². The summed E-state index contributed by atoms with van der Waals surface area (Å²) < 4.78 is 17.0. The van der Waals surface area contributed by atoms with Crippen molar-refractivity contribution in [2.24, 2.45) is 0 Å². The molecule has 0 bridgehead atoms. The highest BCUT2D eigenvalue weighted by Gasteiger charge is 2.20. The van der Waals surface area contributed by atoms with Crippen molar-refractivity contribution in [3.63, 3.8) is 0 Å². The van der Waals surface area contributed by atoms with Crippen LogP contribution in [0, 0.1) is 6.92 Å². The van der Waals surface area contributed by atoms with Gasteiger partial charge < -0.3 is 19.3 Å². The monoisotopic (exact) mass is 371 g/mol. The minimum atomic E-state index is 0.153. The molecule has 0 unspecified atom stereocenters. The van der Waals surface area contributed by atoms with Crippen molar-refractivity contribution in [2.45, 2.75) is 19.6 Å². The minimum Gasteiger partial charge on any atom is -0.485 e. The van der Waals surface area contributed by atoms with Gasteiger partial charge in [0.05, 0.1) is 0 Å². The van der Waals surface area contributed by atoms with E-state index in [0.29, 0.717) is 34.8 Å². The predicted molar refractivity (Wildman–Crippen MR) is 97.5 cm³/mol. The number of hydrogen-bond donors (Lipinski definition) is 1. The van der Waals surface area contributed by atoms with Crippen molar-refractivity contribution in [3.8, 4) is 22.9 Å². The standard InChI is InChI=1S/C19H18ClN3O3/c1-12-22-19(23-26-12)14-4-2-3-13(7-14)11-24-17-6-5-15(20)8-18(17)25-16-9-21-10-16/h2-8,16,21H,9-11H2,1H3. The summed E-state index contributed by atoms with van der Waals surface area (Å²) in [4.78, 5) is 4.25. The third kappa shape index (κ3) is 3.81. The van der Waals surface area contributed by atoms with E-state index in [2.05, 4.69) is 15.5 Å². The second-order valence-electron chi connectivity index (χ2n) is 6.12. The van der Waals surface area contributed by atoms with Gasteiger partial charge in [-0.15, -0.1) is 0 Å². The molecule has 1 saturated heterocycles. The lowest BCUT2D eigenvalue weighted by molar-refractivity contribution is 0.134. The van der Waals surface area contributed by atoms with Gasteiger partial charge in [0.1, 0.15) is 12.7 Å². The fourth-order valence-electron chi connectivity index (χ4n) is 2.60. The Morgan fingerprint density at radius 2 is 2.08 bits per heavy atom. The van der Waals surface area contributed by atoms with Gasteiger partial charge in [-0.1, -0.05) is 35.0 Å². The summed E-state index contributed by atoms with van der Waals surface area (Å²) in [5, 5.41) is 7.75. The number of hydrogen-bond acceptors (Lipinski definition) is 6. The molecule has 0 atom stereocenters. The summed E-state index contributed by atoms with van der Waals surface area (Å²) in [5.41, 5.74) is 1.88. The number of rotatable bonds is 6. The van der Waals surface area contributed by atoms with Gasteiger partial charge in [0.25, 0.3) is 0 Å². The zero-order chi connectivity index (χ0) is 17.9. The number of aromatic nitrogens is 2. The molecule has 3 aromatic rings. The van der Waals surface area contributed by atoms with Gasteiger partial charge in [-0.2, -0.15) is 4.98 Å². The van der Waals surface area contributed by atoms with E-state index in [1.165, 1.54) is 0 Å². The van der Waals surface area contributed by atoms with Crippen molar-refractivity contribution >= 4 is 11.6 Å². The fourth-order valence-corrected chi connectivity index (χ4v) is 2.76. The first-order chi connectivity index (χ1) is 12.7. The zero-order valence-corrected chi connectivity index (χ0v) is 15.0. The lowest BCUT2D eigenvalue weighted by Crippen LogP contribution is -2.50. The predicted octanol–water partition coefficient (Wildman–Crippen LogP) is 3.63.